The van der Waals surface area contributed by atoms with Crippen molar-refractivity contribution in [3.8, 4) is 0 Å². The first kappa shape index (κ1) is 20.1. The Morgan fingerprint density at radius 2 is 2.14 bits per heavy atom. The predicted molar refractivity (Wildman–Crippen MR) is 113 cm³/mol. The van der Waals surface area contributed by atoms with Gasteiger partial charge in [0, 0.05) is 43.1 Å². The van der Waals surface area contributed by atoms with Crippen LogP contribution in [-0.2, 0) is 19.0 Å². The van der Waals surface area contributed by atoms with Gasteiger partial charge in [-0.25, -0.2) is 9.97 Å². The van der Waals surface area contributed by atoms with Gasteiger partial charge in [-0.2, -0.15) is 8.42 Å². The van der Waals surface area contributed by atoms with E-state index in [0.29, 0.717) is 23.6 Å². The fourth-order valence-electron chi connectivity index (χ4n) is 3.13. The lowest BCUT2D eigenvalue weighted by molar-refractivity contribution is 0.0120. The van der Waals surface area contributed by atoms with E-state index in [2.05, 4.69) is 36.1 Å². The third-order valence-corrected chi connectivity index (χ3v) is 5.39. The van der Waals surface area contributed by atoms with E-state index >= 15 is 0 Å². The van der Waals surface area contributed by atoms with Gasteiger partial charge in [0.25, 0.3) is 10.1 Å². The standard InChI is InChI=1S/C18H20BrN5O4S/c1-29(25,26)28-12-15-10-23(8-9-27-15)14-4-2-13(3-5-14)21-17-18-20-6-7-24(18)11-16(19)22-17/h2-7,11,15H,8-10,12H2,1H3,(H,21,22)/t15-/m0/s1. The van der Waals surface area contributed by atoms with E-state index in [4.69, 9.17) is 8.92 Å². The highest BCUT2D eigenvalue weighted by atomic mass is 79.9. The zero-order chi connectivity index (χ0) is 20.4. The van der Waals surface area contributed by atoms with Gasteiger partial charge < -0.3 is 19.4 Å². The van der Waals surface area contributed by atoms with Crippen molar-refractivity contribution in [2.24, 2.45) is 0 Å². The number of anilines is 3. The third-order valence-electron chi connectivity index (χ3n) is 4.45. The minimum Gasteiger partial charge on any atom is -0.372 e. The molecule has 154 valence electrons. The summed E-state index contributed by atoms with van der Waals surface area (Å²) in [5, 5.41) is 3.30. The molecular weight excluding hydrogens is 462 g/mol. The zero-order valence-corrected chi connectivity index (χ0v) is 18.1. The number of ether oxygens (including phenoxy) is 1. The quantitative estimate of drug-likeness (QED) is 0.535. The molecule has 0 unspecified atom stereocenters. The third kappa shape index (κ3) is 5.04. The molecule has 3 heterocycles. The second kappa shape index (κ2) is 8.27. The molecule has 1 fully saturated rings. The van der Waals surface area contributed by atoms with Crippen LogP contribution in [0.4, 0.5) is 17.2 Å². The van der Waals surface area contributed by atoms with Gasteiger partial charge in [0.15, 0.2) is 11.5 Å². The summed E-state index contributed by atoms with van der Waals surface area (Å²) in [7, 11) is -3.48. The number of nitrogens with one attached hydrogen (secondary N) is 1. The molecule has 0 spiro atoms. The predicted octanol–water partition coefficient (Wildman–Crippen LogP) is 2.42. The maximum absolute atomic E-state index is 11.2. The van der Waals surface area contributed by atoms with Crippen molar-refractivity contribution in [3.05, 3.63) is 47.5 Å². The van der Waals surface area contributed by atoms with E-state index in [9.17, 15) is 8.42 Å². The van der Waals surface area contributed by atoms with Crippen molar-refractivity contribution in [2.45, 2.75) is 6.10 Å². The summed E-state index contributed by atoms with van der Waals surface area (Å²) in [6.45, 7) is 1.82. The van der Waals surface area contributed by atoms with Gasteiger partial charge in [-0.3, -0.25) is 4.18 Å². The number of imidazole rings is 1. The Kier molecular flexibility index (Phi) is 5.72. The molecule has 0 bridgehead atoms. The number of nitrogens with zero attached hydrogens (tertiary/aromatic N) is 4. The van der Waals surface area contributed by atoms with Crippen molar-refractivity contribution < 1.29 is 17.3 Å². The van der Waals surface area contributed by atoms with Gasteiger partial charge in [0.1, 0.15) is 4.60 Å². The number of benzene rings is 1. The van der Waals surface area contributed by atoms with Gasteiger partial charge in [-0.05, 0) is 40.2 Å². The Labute approximate surface area is 176 Å². The van der Waals surface area contributed by atoms with E-state index in [1.807, 2.05) is 41.1 Å². The number of halogens is 1. The summed E-state index contributed by atoms with van der Waals surface area (Å²) in [4.78, 5) is 10.9. The molecule has 0 saturated carbocycles. The van der Waals surface area contributed by atoms with Crippen LogP contribution in [0.1, 0.15) is 0 Å². The molecule has 2 aromatic heterocycles. The summed E-state index contributed by atoms with van der Waals surface area (Å²) in [6.07, 6.45) is 6.17. The van der Waals surface area contributed by atoms with Crippen molar-refractivity contribution in [1.29, 1.82) is 0 Å². The number of fused-ring (bicyclic) bond motifs is 1. The van der Waals surface area contributed by atoms with Crippen LogP contribution in [0, 0.1) is 0 Å². The van der Waals surface area contributed by atoms with Gasteiger partial charge in [0.05, 0.1) is 25.6 Å². The molecule has 0 aliphatic carbocycles. The van der Waals surface area contributed by atoms with Gasteiger partial charge in [-0.15, -0.1) is 0 Å². The lowest BCUT2D eigenvalue weighted by atomic mass is 10.2. The average Bonchev–Trinajstić information content (AvgIpc) is 3.15. The van der Waals surface area contributed by atoms with Crippen LogP contribution >= 0.6 is 15.9 Å². The molecule has 1 atom stereocenters. The Bertz CT molecular complexity index is 1100. The van der Waals surface area contributed by atoms with E-state index in [0.717, 1.165) is 29.8 Å². The number of hydrogen-bond acceptors (Lipinski definition) is 8. The van der Waals surface area contributed by atoms with Crippen LogP contribution in [0.15, 0.2) is 47.5 Å². The molecule has 0 amide bonds. The summed E-state index contributed by atoms with van der Waals surface area (Å²) >= 11 is 3.41. The Morgan fingerprint density at radius 1 is 1.34 bits per heavy atom. The Hall–Kier alpha value is -2.21. The van der Waals surface area contributed by atoms with E-state index in [1.54, 1.807) is 6.20 Å². The molecule has 29 heavy (non-hydrogen) atoms. The second-order valence-corrected chi connectivity index (χ2v) is 9.13. The fourth-order valence-corrected chi connectivity index (χ4v) is 3.93. The summed E-state index contributed by atoms with van der Waals surface area (Å²) < 4.78 is 35.4. The van der Waals surface area contributed by atoms with Gasteiger partial charge in [-0.1, -0.05) is 0 Å². The van der Waals surface area contributed by atoms with Gasteiger partial charge in [0.2, 0.25) is 0 Å². The molecule has 1 aromatic carbocycles. The normalized spacial score (nSPS) is 17.6. The SMILES string of the molecule is CS(=O)(=O)OC[C@@H]1CN(c2ccc(Nc3nc(Br)cn4ccnc34)cc2)CCO1. The molecule has 0 radical (unpaired) electrons. The van der Waals surface area contributed by atoms with Crippen molar-refractivity contribution in [3.63, 3.8) is 0 Å². The molecule has 9 nitrogen and oxygen atoms in total. The smallest absolute Gasteiger partial charge is 0.264 e. The molecule has 1 aliphatic rings. The lowest BCUT2D eigenvalue weighted by Crippen LogP contribution is -2.44. The molecule has 1 saturated heterocycles. The fraction of sp³-hybridized carbons (Fsp3) is 0.333. The molecule has 1 aliphatic heterocycles. The molecule has 3 aromatic rings. The first-order valence-electron chi connectivity index (χ1n) is 8.95. The monoisotopic (exact) mass is 481 g/mol. The number of aromatic nitrogens is 3. The summed E-state index contributed by atoms with van der Waals surface area (Å²) in [6, 6.07) is 7.94. The van der Waals surface area contributed by atoms with E-state index < -0.39 is 10.1 Å². The van der Waals surface area contributed by atoms with Crippen LogP contribution in [0.2, 0.25) is 0 Å². The topological polar surface area (TPSA) is 98.1 Å². The molecule has 1 N–H and O–H groups in total. The summed E-state index contributed by atoms with van der Waals surface area (Å²) in [5.74, 6) is 0.654. The van der Waals surface area contributed by atoms with E-state index in [-0.39, 0.29) is 12.7 Å². The van der Waals surface area contributed by atoms with Crippen molar-refractivity contribution in [2.75, 3.05) is 42.8 Å². The van der Waals surface area contributed by atoms with Crippen molar-refractivity contribution >= 4 is 48.9 Å². The maximum Gasteiger partial charge on any atom is 0.264 e. The van der Waals surface area contributed by atoms with Crippen LogP contribution in [0.5, 0.6) is 0 Å². The van der Waals surface area contributed by atoms with Crippen molar-refractivity contribution in [1.82, 2.24) is 14.4 Å². The second-order valence-electron chi connectivity index (χ2n) is 6.67. The Balaban J connectivity index is 1.44. The lowest BCUT2D eigenvalue weighted by Gasteiger charge is -2.34. The van der Waals surface area contributed by atoms with Crippen LogP contribution in [0.25, 0.3) is 5.65 Å². The first-order chi connectivity index (χ1) is 13.9. The van der Waals surface area contributed by atoms with Crippen LogP contribution < -0.4 is 10.2 Å². The average molecular weight is 482 g/mol. The highest BCUT2D eigenvalue weighted by Crippen LogP contribution is 2.25. The summed E-state index contributed by atoms with van der Waals surface area (Å²) in [5.41, 5.74) is 2.64. The van der Waals surface area contributed by atoms with Crippen LogP contribution in [-0.4, -0.2) is 61.4 Å². The number of morpholine rings is 1. The van der Waals surface area contributed by atoms with Gasteiger partial charge >= 0.3 is 0 Å². The zero-order valence-electron chi connectivity index (χ0n) is 15.7. The minimum atomic E-state index is -3.48. The first-order valence-corrected chi connectivity index (χ1v) is 11.6. The highest BCUT2D eigenvalue weighted by molar-refractivity contribution is 9.10. The molecule has 11 heteroatoms. The van der Waals surface area contributed by atoms with Crippen LogP contribution in [0.3, 0.4) is 0 Å². The number of hydrogen-bond donors (Lipinski definition) is 1. The van der Waals surface area contributed by atoms with E-state index in [1.165, 1.54) is 0 Å². The highest BCUT2D eigenvalue weighted by Gasteiger charge is 2.22. The maximum atomic E-state index is 11.2. The Morgan fingerprint density at radius 3 is 2.90 bits per heavy atom. The minimum absolute atomic E-state index is 0.0177. The molecular formula is C18H20BrN5O4S. The number of rotatable bonds is 6. The largest absolute Gasteiger partial charge is 0.372 e. The molecule has 4 rings (SSSR count).